The highest BCUT2D eigenvalue weighted by Gasteiger charge is 2.32. The minimum Gasteiger partial charge on any atom is -0.550 e. The van der Waals surface area contributed by atoms with Crippen LogP contribution in [0.4, 0.5) is 0 Å². The maximum Gasteiger partial charge on any atom is 0.226 e. The fourth-order valence-electron chi connectivity index (χ4n) is 2.61. The molecule has 20 heavy (non-hydrogen) atoms. The number of hydrogen-bond donors (Lipinski definition) is 0. The van der Waals surface area contributed by atoms with Crippen LogP contribution in [0, 0.1) is 11.8 Å². The summed E-state index contributed by atoms with van der Waals surface area (Å²) in [5.41, 5.74) is 0. The van der Waals surface area contributed by atoms with Gasteiger partial charge in [0.05, 0.1) is 0 Å². The fraction of sp³-hybridized carbons (Fsp3) is 0.750. The molecule has 114 valence electrons. The normalized spacial score (nSPS) is 21.7. The van der Waals surface area contributed by atoms with Crippen molar-refractivity contribution in [2.75, 3.05) is 13.1 Å². The minimum absolute atomic E-state index is 0.00884. The highest BCUT2D eigenvalue weighted by molar-refractivity contribution is 5.84. The smallest absolute Gasteiger partial charge is 0.226 e. The fourth-order valence-corrected chi connectivity index (χ4v) is 2.61. The van der Waals surface area contributed by atoms with Crippen LogP contribution in [0.25, 0.3) is 0 Å². The maximum atomic E-state index is 12.6. The number of aliphatic carboxylic acids is 1. The lowest BCUT2D eigenvalue weighted by molar-refractivity contribution is -0.313. The first-order chi connectivity index (χ1) is 9.61. The summed E-state index contributed by atoms with van der Waals surface area (Å²) in [5, 5.41) is 11.2. The van der Waals surface area contributed by atoms with Crippen molar-refractivity contribution in [2.24, 2.45) is 11.8 Å². The van der Waals surface area contributed by atoms with Crippen LogP contribution in [-0.2, 0) is 9.59 Å². The average molecular weight is 280 g/mol. The number of allylic oxidation sites excluding steroid dienone is 2. The van der Waals surface area contributed by atoms with Gasteiger partial charge in [-0.15, -0.1) is 0 Å². The zero-order chi connectivity index (χ0) is 15.0. The Morgan fingerprint density at radius 1 is 1.05 bits per heavy atom. The third-order valence-electron chi connectivity index (χ3n) is 3.93. The summed E-state index contributed by atoms with van der Waals surface area (Å²) in [7, 11) is 0. The number of nitrogens with zero attached hydrogens (tertiary/aromatic N) is 1. The molecular weight excluding hydrogens is 254 g/mol. The summed E-state index contributed by atoms with van der Waals surface area (Å²) in [5.74, 6) is -2.22. The molecule has 0 saturated carbocycles. The van der Waals surface area contributed by atoms with Gasteiger partial charge in [-0.05, 0) is 25.7 Å². The molecule has 0 aliphatic heterocycles. The number of carboxylic acids is 1. The number of hydrogen-bond acceptors (Lipinski definition) is 3. The molecule has 0 heterocycles. The van der Waals surface area contributed by atoms with Gasteiger partial charge in [0.1, 0.15) is 0 Å². The van der Waals surface area contributed by atoms with Crippen molar-refractivity contribution in [1.82, 2.24) is 4.90 Å². The summed E-state index contributed by atoms with van der Waals surface area (Å²) >= 11 is 0. The quantitative estimate of drug-likeness (QED) is 0.636. The largest absolute Gasteiger partial charge is 0.550 e. The predicted molar refractivity (Wildman–Crippen MR) is 76.8 cm³/mol. The molecule has 2 atom stereocenters. The lowest BCUT2D eigenvalue weighted by atomic mass is 9.82. The molecule has 1 rings (SSSR count). The number of carboxylic acid groups (broad SMARTS) is 1. The van der Waals surface area contributed by atoms with E-state index in [0.29, 0.717) is 12.8 Å². The van der Waals surface area contributed by atoms with Crippen molar-refractivity contribution < 1.29 is 14.7 Å². The van der Waals surface area contributed by atoms with E-state index < -0.39 is 17.8 Å². The van der Waals surface area contributed by atoms with Gasteiger partial charge in [0.15, 0.2) is 0 Å². The van der Waals surface area contributed by atoms with Crippen molar-refractivity contribution in [1.29, 1.82) is 0 Å². The Morgan fingerprint density at radius 2 is 1.55 bits per heavy atom. The van der Waals surface area contributed by atoms with Crippen LogP contribution < -0.4 is 5.11 Å². The van der Waals surface area contributed by atoms with E-state index in [2.05, 4.69) is 13.8 Å². The van der Waals surface area contributed by atoms with E-state index in [4.69, 9.17) is 0 Å². The lowest BCUT2D eigenvalue weighted by Gasteiger charge is -2.33. The van der Waals surface area contributed by atoms with Gasteiger partial charge >= 0.3 is 0 Å². The van der Waals surface area contributed by atoms with E-state index in [1.807, 2.05) is 17.1 Å². The third kappa shape index (κ3) is 4.66. The van der Waals surface area contributed by atoms with Gasteiger partial charge in [0, 0.05) is 30.9 Å². The van der Waals surface area contributed by atoms with E-state index in [-0.39, 0.29) is 5.91 Å². The van der Waals surface area contributed by atoms with Crippen LogP contribution in [0.2, 0.25) is 0 Å². The van der Waals surface area contributed by atoms with Crippen LogP contribution >= 0.6 is 0 Å². The van der Waals surface area contributed by atoms with Gasteiger partial charge in [-0.3, -0.25) is 4.79 Å². The van der Waals surface area contributed by atoms with Crippen molar-refractivity contribution >= 4 is 11.9 Å². The maximum absolute atomic E-state index is 12.6. The Labute approximate surface area is 121 Å². The second-order valence-corrected chi connectivity index (χ2v) is 5.51. The average Bonchev–Trinajstić information content (AvgIpc) is 2.46. The van der Waals surface area contributed by atoms with E-state index in [0.717, 1.165) is 38.8 Å². The van der Waals surface area contributed by atoms with Crippen molar-refractivity contribution in [3.05, 3.63) is 12.2 Å². The molecule has 1 aliphatic rings. The molecule has 0 unspecified atom stereocenters. The van der Waals surface area contributed by atoms with E-state index in [1.165, 1.54) is 0 Å². The Bertz CT molecular complexity index is 344. The van der Waals surface area contributed by atoms with Gasteiger partial charge in [-0.2, -0.15) is 0 Å². The van der Waals surface area contributed by atoms with Crippen LogP contribution in [0.15, 0.2) is 12.2 Å². The summed E-state index contributed by atoms with van der Waals surface area (Å²) in [6, 6.07) is 0. The van der Waals surface area contributed by atoms with Crippen LogP contribution in [0.5, 0.6) is 0 Å². The Balaban J connectivity index is 2.74. The first-order valence-corrected chi connectivity index (χ1v) is 7.76. The monoisotopic (exact) mass is 280 g/mol. The van der Waals surface area contributed by atoms with Gasteiger partial charge in [0.25, 0.3) is 0 Å². The topological polar surface area (TPSA) is 60.4 Å². The number of amides is 1. The summed E-state index contributed by atoms with van der Waals surface area (Å²) < 4.78 is 0. The van der Waals surface area contributed by atoms with Crippen molar-refractivity contribution in [3.8, 4) is 0 Å². The Kier molecular flexibility index (Phi) is 7.34. The highest BCUT2D eigenvalue weighted by Crippen LogP contribution is 2.27. The van der Waals surface area contributed by atoms with E-state index in [1.54, 1.807) is 0 Å². The Morgan fingerprint density at radius 3 is 2.00 bits per heavy atom. The van der Waals surface area contributed by atoms with Crippen LogP contribution in [0.1, 0.15) is 52.4 Å². The highest BCUT2D eigenvalue weighted by atomic mass is 16.4. The van der Waals surface area contributed by atoms with Crippen LogP contribution in [0.3, 0.4) is 0 Å². The van der Waals surface area contributed by atoms with Crippen molar-refractivity contribution in [2.45, 2.75) is 52.4 Å². The molecule has 0 N–H and O–H groups in total. The van der Waals surface area contributed by atoms with Gasteiger partial charge in [-0.25, -0.2) is 0 Å². The first kappa shape index (κ1) is 16.7. The molecule has 4 nitrogen and oxygen atoms in total. The molecule has 0 aromatic rings. The lowest BCUT2D eigenvalue weighted by Crippen LogP contribution is -2.46. The molecule has 4 heteroatoms. The summed E-state index contributed by atoms with van der Waals surface area (Å²) in [6.07, 6.45) is 8.68. The Hall–Kier alpha value is -1.32. The number of rotatable bonds is 8. The van der Waals surface area contributed by atoms with Gasteiger partial charge in [0.2, 0.25) is 5.91 Å². The second kappa shape index (κ2) is 8.77. The number of carbonyl (C=O) groups excluding carboxylic acids is 2. The SMILES string of the molecule is CCCCN(CCCC)C(=O)[C@H]1CC=CC[C@H]1C(=O)[O-]. The van der Waals surface area contributed by atoms with Crippen molar-refractivity contribution in [3.63, 3.8) is 0 Å². The van der Waals surface area contributed by atoms with Crippen LogP contribution in [-0.4, -0.2) is 29.9 Å². The van der Waals surface area contributed by atoms with Gasteiger partial charge < -0.3 is 14.8 Å². The molecule has 0 radical (unpaired) electrons. The number of carbonyl (C=O) groups is 2. The third-order valence-corrected chi connectivity index (χ3v) is 3.93. The molecule has 0 bridgehead atoms. The molecule has 0 aromatic carbocycles. The first-order valence-electron chi connectivity index (χ1n) is 7.76. The summed E-state index contributed by atoms with van der Waals surface area (Å²) in [4.78, 5) is 25.7. The van der Waals surface area contributed by atoms with E-state index in [9.17, 15) is 14.7 Å². The molecular formula is C16H26NO3-. The molecule has 0 aromatic heterocycles. The molecule has 0 spiro atoms. The standard InChI is InChI=1S/C16H27NO3/c1-3-5-11-17(12-6-4-2)15(18)13-9-7-8-10-14(13)16(19)20/h7-8,13-14H,3-6,9-12H2,1-2H3,(H,19,20)/p-1/t13-,14+/m0/s1. The molecule has 0 saturated heterocycles. The summed E-state index contributed by atoms with van der Waals surface area (Å²) in [6.45, 7) is 5.65. The molecule has 1 amide bonds. The minimum atomic E-state index is -1.10. The zero-order valence-corrected chi connectivity index (χ0v) is 12.6. The zero-order valence-electron chi connectivity index (χ0n) is 12.6. The molecule has 0 fully saturated rings. The molecule has 1 aliphatic carbocycles. The van der Waals surface area contributed by atoms with Gasteiger partial charge in [-0.1, -0.05) is 38.8 Å². The number of unbranched alkanes of at least 4 members (excludes halogenated alkanes) is 2. The van der Waals surface area contributed by atoms with E-state index >= 15 is 0 Å². The predicted octanol–water partition coefficient (Wildman–Crippen LogP) is 1.75. The second-order valence-electron chi connectivity index (χ2n) is 5.51.